The van der Waals surface area contributed by atoms with E-state index in [2.05, 4.69) is 20.9 Å². The van der Waals surface area contributed by atoms with E-state index in [1.165, 1.54) is 0 Å². The molecule has 0 bridgehead atoms. The summed E-state index contributed by atoms with van der Waals surface area (Å²) in [6.07, 6.45) is 0.765. The van der Waals surface area contributed by atoms with Crippen molar-refractivity contribution in [3.05, 3.63) is 65.2 Å². The summed E-state index contributed by atoms with van der Waals surface area (Å²) in [4.78, 5) is 16.3. The number of amides is 1. The predicted octanol–water partition coefficient (Wildman–Crippen LogP) is 3.15. The zero-order valence-electron chi connectivity index (χ0n) is 17.3. The van der Waals surface area contributed by atoms with E-state index < -0.39 is 0 Å². The lowest BCUT2D eigenvalue weighted by atomic mass is 10.1. The molecular formula is C22H31IN4O2. The highest BCUT2D eigenvalue weighted by Gasteiger charge is 2.04. The second-order valence-electron chi connectivity index (χ2n) is 6.33. The van der Waals surface area contributed by atoms with Crippen molar-refractivity contribution in [2.45, 2.75) is 20.3 Å². The molecule has 6 nitrogen and oxygen atoms in total. The van der Waals surface area contributed by atoms with Crippen molar-refractivity contribution in [3.8, 4) is 5.75 Å². The van der Waals surface area contributed by atoms with Crippen LogP contribution in [0.3, 0.4) is 0 Å². The number of halogens is 1. The van der Waals surface area contributed by atoms with Gasteiger partial charge in [0.1, 0.15) is 12.4 Å². The SMILES string of the molecule is CCNC(=NCCc1cccc(C(=O)NC)c1)NCCOc1ccccc1C.I. The van der Waals surface area contributed by atoms with Gasteiger partial charge in [0.05, 0.1) is 6.54 Å². The van der Waals surface area contributed by atoms with Gasteiger partial charge in [-0.1, -0.05) is 30.3 Å². The Morgan fingerprint density at radius 3 is 2.62 bits per heavy atom. The molecule has 2 aromatic rings. The van der Waals surface area contributed by atoms with Crippen LogP contribution in [0.15, 0.2) is 53.5 Å². The van der Waals surface area contributed by atoms with Crippen molar-refractivity contribution in [3.63, 3.8) is 0 Å². The number of para-hydroxylation sites is 1. The molecule has 0 heterocycles. The molecule has 29 heavy (non-hydrogen) atoms. The summed E-state index contributed by atoms with van der Waals surface area (Å²) in [6.45, 7) is 6.71. The summed E-state index contributed by atoms with van der Waals surface area (Å²) >= 11 is 0. The number of aryl methyl sites for hydroxylation is 1. The smallest absolute Gasteiger partial charge is 0.251 e. The normalized spacial score (nSPS) is 10.7. The van der Waals surface area contributed by atoms with Crippen molar-refractivity contribution >= 4 is 35.8 Å². The van der Waals surface area contributed by atoms with Gasteiger partial charge in [0.15, 0.2) is 5.96 Å². The fourth-order valence-corrected chi connectivity index (χ4v) is 2.70. The van der Waals surface area contributed by atoms with E-state index in [1.807, 2.05) is 62.4 Å². The van der Waals surface area contributed by atoms with Crippen molar-refractivity contribution in [2.24, 2.45) is 4.99 Å². The van der Waals surface area contributed by atoms with Crippen LogP contribution >= 0.6 is 24.0 Å². The number of rotatable bonds is 9. The second kappa shape index (κ2) is 13.8. The Balaban J connectivity index is 0.00000420. The Morgan fingerprint density at radius 2 is 1.90 bits per heavy atom. The molecule has 2 rings (SSSR count). The van der Waals surface area contributed by atoms with Gasteiger partial charge in [0, 0.05) is 25.7 Å². The molecule has 0 aromatic heterocycles. The molecule has 0 fully saturated rings. The number of carbonyl (C=O) groups is 1. The number of aliphatic imine (C=N–C) groups is 1. The Hall–Kier alpha value is -2.29. The number of nitrogens with zero attached hydrogens (tertiary/aromatic N) is 1. The number of hydrogen-bond donors (Lipinski definition) is 3. The second-order valence-corrected chi connectivity index (χ2v) is 6.33. The largest absolute Gasteiger partial charge is 0.491 e. The van der Waals surface area contributed by atoms with Crippen LogP contribution in [0.5, 0.6) is 5.75 Å². The van der Waals surface area contributed by atoms with Crippen molar-refractivity contribution in [2.75, 3.05) is 33.3 Å². The third-order valence-electron chi connectivity index (χ3n) is 4.18. The van der Waals surface area contributed by atoms with Gasteiger partial charge in [0.2, 0.25) is 0 Å². The number of hydrogen-bond acceptors (Lipinski definition) is 3. The van der Waals surface area contributed by atoms with Crippen LogP contribution in [0.2, 0.25) is 0 Å². The minimum absolute atomic E-state index is 0. The number of ether oxygens (including phenoxy) is 1. The van der Waals surface area contributed by atoms with Gasteiger partial charge in [-0.25, -0.2) is 0 Å². The molecule has 0 aliphatic heterocycles. The number of guanidine groups is 1. The maximum Gasteiger partial charge on any atom is 0.251 e. The first kappa shape index (κ1) is 24.7. The lowest BCUT2D eigenvalue weighted by Crippen LogP contribution is -2.39. The van der Waals surface area contributed by atoms with Gasteiger partial charge in [-0.3, -0.25) is 9.79 Å². The van der Waals surface area contributed by atoms with Crippen LogP contribution in [-0.4, -0.2) is 45.2 Å². The highest BCUT2D eigenvalue weighted by Crippen LogP contribution is 2.15. The minimum atomic E-state index is -0.0750. The maximum absolute atomic E-state index is 11.7. The third kappa shape index (κ3) is 8.72. The monoisotopic (exact) mass is 510 g/mol. The van der Waals surface area contributed by atoms with Gasteiger partial charge in [-0.2, -0.15) is 0 Å². The number of nitrogens with one attached hydrogen (secondary N) is 3. The van der Waals surface area contributed by atoms with Gasteiger partial charge >= 0.3 is 0 Å². The lowest BCUT2D eigenvalue weighted by Gasteiger charge is -2.13. The Bertz CT molecular complexity index is 796. The minimum Gasteiger partial charge on any atom is -0.491 e. The van der Waals surface area contributed by atoms with E-state index in [0.717, 1.165) is 35.8 Å². The average Bonchev–Trinajstić information content (AvgIpc) is 2.72. The molecule has 3 N–H and O–H groups in total. The molecule has 0 saturated heterocycles. The van der Waals surface area contributed by atoms with Gasteiger partial charge < -0.3 is 20.7 Å². The van der Waals surface area contributed by atoms with E-state index >= 15 is 0 Å². The summed E-state index contributed by atoms with van der Waals surface area (Å²) in [6, 6.07) is 15.6. The Morgan fingerprint density at radius 1 is 1.10 bits per heavy atom. The molecule has 0 spiro atoms. The maximum atomic E-state index is 11.7. The predicted molar refractivity (Wildman–Crippen MR) is 130 cm³/mol. The topological polar surface area (TPSA) is 74.8 Å². The zero-order valence-corrected chi connectivity index (χ0v) is 19.7. The molecule has 1 amide bonds. The van der Waals surface area contributed by atoms with Crippen LogP contribution < -0.4 is 20.7 Å². The van der Waals surface area contributed by atoms with Crippen molar-refractivity contribution in [1.29, 1.82) is 0 Å². The molecule has 0 unspecified atom stereocenters. The summed E-state index contributed by atoms with van der Waals surface area (Å²) in [5, 5.41) is 9.17. The summed E-state index contributed by atoms with van der Waals surface area (Å²) in [7, 11) is 1.64. The van der Waals surface area contributed by atoms with E-state index in [-0.39, 0.29) is 29.9 Å². The highest BCUT2D eigenvalue weighted by atomic mass is 127. The average molecular weight is 510 g/mol. The molecular weight excluding hydrogens is 479 g/mol. The first-order valence-electron chi connectivity index (χ1n) is 9.65. The molecule has 0 saturated carbocycles. The number of carbonyl (C=O) groups excluding carboxylic acids is 1. The molecule has 0 aliphatic rings. The van der Waals surface area contributed by atoms with Gasteiger partial charge in [0.25, 0.3) is 5.91 Å². The lowest BCUT2D eigenvalue weighted by molar-refractivity contribution is 0.0963. The third-order valence-corrected chi connectivity index (χ3v) is 4.18. The highest BCUT2D eigenvalue weighted by molar-refractivity contribution is 14.0. The summed E-state index contributed by atoms with van der Waals surface area (Å²) in [5.41, 5.74) is 2.88. The van der Waals surface area contributed by atoms with E-state index in [4.69, 9.17) is 4.74 Å². The summed E-state index contributed by atoms with van der Waals surface area (Å²) in [5.74, 6) is 1.59. The fourth-order valence-electron chi connectivity index (χ4n) is 2.70. The van der Waals surface area contributed by atoms with E-state index in [1.54, 1.807) is 7.05 Å². The van der Waals surface area contributed by atoms with Crippen molar-refractivity contribution in [1.82, 2.24) is 16.0 Å². The van der Waals surface area contributed by atoms with Crippen molar-refractivity contribution < 1.29 is 9.53 Å². The molecule has 7 heteroatoms. The first-order chi connectivity index (χ1) is 13.6. The van der Waals surface area contributed by atoms with Crippen LogP contribution in [-0.2, 0) is 6.42 Å². The molecule has 0 aliphatic carbocycles. The molecule has 0 radical (unpaired) electrons. The van der Waals surface area contributed by atoms with Crippen LogP contribution in [0, 0.1) is 6.92 Å². The van der Waals surface area contributed by atoms with E-state index in [9.17, 15) is 4.79 Å². The quantitative estimate of drug-likeness (QED) is 0.210. The van der Waals surface area contributed by atoms with Crippen LogP contribution in [0.4, 0.5) is 0 Å². The molecule has 0 atom stereocenters. The first-order valence-corrected chi connectivity index (χ1v) is 9.65. The Labute approximate surface area is 190 Å². The zero-order chi connectivity index (χ0) is 20.2. The van der Waals surface area contributed by atoms with Gasteiger partial charge in [-0.15, -0.1) is 24.0 Å². The fraction of sp³-hybridized carbons (Fsp3) is 0.364. The van der Waals surface area contributed by atoms with Crippen LogP contribution in [0.1, 0.15) is 28.4 Å². The summed E-state index contributed by atoms with van der Waals surface area (Å²) < 4.78 is 5.80. The van der Waals surface area contributed by atoms with Gasteiger partial charge in [-0.05, 0) is 49.6 Å². The molecule has 158 valence electrons. The standard InChI is InChI=1S/C22H30N4O2.HI/c1-4-24-22(26-14-15-28-20-11-6-5-8-17(20)2)25-13-12-18-9-7-10-19(16-18)21(27)23-3;/h5-11,16H,4,12-15H2,1-3H3,(H,23,27)(H2,24,25,26);1H. The molecule has 2 aromatic carbocycles. The van der Waals surface area contributed by atoms with E-state index in [0.29, 0.717) is 25.3 Å². The number of benzene rings is 2. The Kier molecular flexibility index (Phi) is 11.8. The van der Waals surface area contributed by atoms with Crippen LogP contribution in [0.25, 0.3) is 0 Å².